The van der Waals surface area contributed by atoms with Crippen LogP contribution in [-0.4, -0.2) is 21.8 Å². The van der Waals surface area contributed by atoms with Crippen molar-refractivity contribution in [1.82, 2.24) is 14.7 Å². The fourth-order valence-electron chi connectivity index (χ4n) is 3.15. The molecule has 0 unspecified atom stereocenters. The Hall–Kier alpha value is -3.33. The average Bonchev–Trinajstić information content (AvgIpc) is 3.35. The maximum atomic E-state index is 13.7. The Kier molecular flexibility index (Phi) is 5.45. The lowest BCUT2D eigenvalue weighted by atomic mass is 10.1. The number of furan rings is 1. The van der Waals surface area contributed by atoms with Crippen molar-refractivity contribution in [3.63, 3.8) is 0 Å². The minimum atomic E-state index is -4.72. The molecule has 10 heteroatoms. The van der Waals surface area contributed by atoms with E-state index in [9.17, 15) is 22.4 Å². The molecule has 0 bridgehead atoms. The highest BCUT2D eigenvalue weighted by atomic mass is 35.5. The highest BCUT2D eigenvalue weighted by Crippen LogP contribution is 2.37. The lowest BCUT2D eigenvalue weighted by molar-refractivity contribution is -0.136. The van der Waals surface area contributed by atoms with E-state index in [1.807, 2.05) is 0 Å². The van der Waals surface area contributed by atoms with Crippen molar-refractivity contribution in [2.75, 3.05) is 6.54 Å². The number of nitrogens with zero attached hydrogens (tertiary/aromatic N) is 2. The molecule has 0 aliphatic carbocycles. The summed E-state index contributed by atoms with van der Waals surface area (Å²) >= 11 is 6.22. The van der Waals surface area contributed by atoms with E-state index in [0.717, 1.165) is 10.5 Å². The van der Waals surface area contributed by atoms with Gasteiger partial charge in [0.15, 0.2) is 11.3 Å². The zero-order valence-corrected chi connectivity index (χ0v) is 16.5. The normalized spacial score (nSPS) is 11.8. The topological polar surface area (TPSA) is 59.5 Å². The molecule has 160 valence electrons. The summed E-state index contributed by atoms with van der Waals surface area (Å²) in [6.45, 7) is 0.124. The smallest absolute Gasteiger partial charge is 0.420 e. The number of carbonyl (C=O) groups is 1. The van der Waals surface area contributed by atoms with Gasteiger partial charge in [-0.2, -0.15) is 13.2 Å². The predicted molar refractivity (Wildman–Crippen MR) is 105 cm³/mol. The van der Waals surface area contributed by atoms with Crippen LogP contribution in [0.3, 0.4) is 0 Å². The minimum absolute atomic E-state index is 0.124. The highest BCUT2D eigenvalue weighted by molar-refractivity contribution is 6.33. The first-order chi connectivity index (χ1) is 14.7. The first-order valence-electron chi connectivity index (χ1n) is 9.08. The van der Waals surface area contributed by atoms with Crippen LogP contribution in [0, 0.1) is 5.82 Å². The van der Waals surface area contributed by atoms with Crippen LogP contribution in [0.2, 0.25) is 5.15 Å². The van der Waals surface area contributed by atoms with Crippen LogP contribution in [0.25, 0.3) is 16.8 Å². The standard InChI is InChI=1S/C21H14ClF4N3O2/c22-18-17(20(30)27-6-4-12-2-1-3-15(23)8-12)28-19-16(21(24,25)26)9-14(10-29(18)19)13-5-7-31-11-13/h1-3,5,7-11H,4,6H2,(H,27,30). The maximum absolute atomic E-state index is 13.7. The molecule has 0 saturated heterocycles. The van der Waals surface area contributed by atoms with Gasteiger partial charge in [-0.3, -0.25) is 9.20 Å². The SMILES string of the molecule is O=C(NCCc1cccc(F)c1)c1nc2c(C(F)(F)F)cc(-c3ccoc3)cn2c1Cl. The number of hydrogen-bond donors (Lipinski definition) is 1. The Labute approximate surface area is 178 Å². The van der Waals surface area contributed by atoms with Gasteiger partial charge in [-0.25, -0.2) is 9.37 Å². The van der Waals surface area contributed by atoms with Crippen molar-refractivity contribution >= 4 is 23.2 Å². The van der Waals surface area contributed by atoms with Gasteiger partial charge >= 0.3 is 6.18 Å². The predicted octanol–water partition coefficient (Wildman–Crippen LogP) is 5.38. The number of rotatable bonds is 5. The van der Waals surface area contributed by atoms with E-state index in [4.69, 9.17) is 16.0 Å². The van der Waals surface area contributed by atoms with Gasteiger partial charge in [0.05, 0.1) is 18.1 Å². The van der Waals surface area contributed by atoms with Gasteiger partial charge in [0, 0.05) is 23.9 Å². The van der Waals surface area contributed by atoms with Gasteiger partial charge in [-0.15, -0.1) is 0 Å². The van der Waals surface area contributed by atoms with E-state index < -0.39 is 29.1 Å². The zero-order chi connectivity index (χ0) is 22.2. The second kappa shape index (κ2) is 8.07. The first kappa shape index (κ1) is 20.9. The molecular formula is C21H14ClF4N3O2. The molecule has 0 spiro atoms. The molecule has 1 aromatic carbocycles. The molecule has 1 N–H and O–H groups in total. The molecule has 0 fully saturated rings. The number of fused-ring (bicyclic) bond motifs is 1. The van der Waals surface area contributed by atoms with Crippen LogP contribution in [-0.2, 0) is 12.6 Å². The Morgan fingerprint density at radius 3 is 2.68 bits per heavy atom. The van der Waals surface area contributed by atoms with E-state index in [-0.39, 0.29) is 23.0 Å². The summed E-state index contributed by atoms with van der Waals surface area (Å²) in [7, 11) is 0. The van der Waals surface area contributed by atoms with Crippen LogP contribution >= 0.6 is 11.6 Å². The molecule has 0 atom stereocenters. The number of carbonyl (C=O) groups excluding carboxylic acids is 1. The van der Waals surface area contributed by atoms with Gasteiger partial charge in [0.2, 0.25) is 0 Å². The van der Waals surface area contributed by atoms with E-state index in [0.29, 0.717) is 17.5 Å². The van der Waals surface area contributed by atoms with Crippen LogP contribution in [0.1, 0.15) is 21.6 Å². The molecular weight excluding hydrogens is 438 g/mol. The van der Waals surface area contributed by atoms with Crippen molar-refractivity contribution in [1.29, 1.82) is 0 Å². The molecule has 4 aromatic rings. The zero-order valence-electron chi connectivity index (χ0n) is 15.7. The number of pyridine rings is 1. The molecule has 3 heterocycles. The third kappa shape index (κ3) is 4.27. The summed E-state index contributed by atoms with van der Waals surface area (Å²) in [6, 6.07) is 8.30. The summed E-state index contributed by atoms with van der Waals surface area (Å²) in [5, 5.41) is 2.30. The number of imidazole rings is 1. The second-order valence-electron chi connectivity index (χ2n) is 6.73. The Morgan fingerprint density at radius 1 is 1.19 bits per heavy atom. The maximum Gasteiger partial charge on any atom is 0.420 e. The lowest BCUT2D eigenvalue weighted by Crippen LogP contribution is -2.26. The molecule has 31 heavy (non-hydrogen) atoms. The van der Waals surface area contributed by atoms with Gasteiger partial charge in [-0.05, 0) is 36.2 Å². The van der Waals surface area contributed by atoms with Gasteiger partial charge in [0.1, 0.15) is 11.0 Å². The fourth-order valence-corrected chi connectivity index (χ4v) is 3.41. The van der Waals surface area contributed by atoms with Crippen LogP contribution in [0.5, 0.6) is 0 Å². The highest BCUT2D eigenvalue weighted by Gasteiger charge is 2.36. The van der Waals surface area contributed by atoms with Crippen molar-refractivity contribution in [2.24, 2.45) is 0 Å². The van der Waals surface area contributed by atoms with E-state index in [1.54, 1.807) is 12.1 Å². The van der Waals surface area contributed by atoms with Crippen molar-refractivity contribution in [3.8, 4) is 11.1 Å². The minimum Gasteiger partial charge on any atom is -0.472 e. The summed E-state index contributed by atoms with van der Waals surface area (Å²) in [5.74, 6) is -1.14. The van der Waals surface area contributed by atoms with Gasteiger partial charge in [-0.1, -0.05) is 23.7 Å². The third-order valence-electron chi connectivity index (χ3n) is 4.62. The van der Waals surface area contributed by atoms with Crippen molar-refractivity contribution < 1.29 is 26.8 Å². The van der Waals surface area contributed by atoms with Crippen LogP contribution < -0.4 is 5.32 Å². The summed E-state index contributed by atoms with van der Waals surface area (Å²) < 4.78 is 60.2. The number of nitrogens with one attached hydrogen (secondary N) is 1. The Bertz CT molecular complexity index is 1250. The molecule has 4 rings (SSSR count). The Morgan fingerprint density at radius 2 is 2.00 bits per heavy atom. The largest absolute Gasteiger partial charge is 0.472 e. The lowest BCUT2D eigenvalue weighted by Gasteiger charge is -2.10. The molecule has 0 aliphatic heterocycles. The third-order valence-corrected chi connectivity index (χ3v) is 4.99. The van der Waals surface area contributed by atoms with Crippen LogP contribution in [0.15, 0.2) is 59.5 Å². The van der Waals surface area contributed by atoms with Gasteiger partial charge < -0.3 is 9.73 Å². The van der Waals surface area contributed by atoms with Gasteiger partial charge in [0.25, 0.3) is 5.91 Å². The quantitative estimate of drug-likeness (QED) is 0.414. The first-order valence-corrected chi connectivity index (χ1v) is 9.46. The molecule has 0 radical (unpaired) electrons. The van der Waals surface area contributed by atoms with Crippen LogP contribution in [0.4, 0.5) is 17.6 Å². The molecule has 5 nitrogen and oxygen atoms in total. The summed E-state index contributed by atoms with van der Waals surface area (Å²) in [6.07, 6.45) is -0.409. The van der Waals surface area contributed by atoms with E-state index in [1.165, 1.54) is 36.9 Å². The number of alkyl halides is 3. The summed E-state index contributed by atoms with van der Waals surface area (Å²) in [5.41, 5.74) is -0.586. The molecule has 3 aromatic heterocycles. The molecule has 0 saturated carbocycles. The second-order valence-corrected chi connectivity index (χ2v) is 7.09. The monoisotopic (exact) mass is 451 g/mol. The van der Waals surface area contributed by atoms with Crippen molar-refractivity contribution in [3.05, 3.63) is 82.9 Å². The van der Waals surface area contributed by atoms with E-state index in [2.05, 4.69) is 10.3 Å². The average molecular weight is 452 g/mol. The number of aromatic nitrogens is 2. The fraction of sp³-hybridized carbons (Fsp3) is 0.143. The van der Waals surface area contributed by atoms with Crippen molar-refractivity contribution in [2.45, 2.75) is 12.6 Å². The summed E-state index contributed by atoms with van der Waals surface area (Å²) in [4.78, 5) is 16.4. The number of hydrogen-bond acceptors (Lipinski definition) is 3. The number of halogens is 5. The number of amides is 1. The Balaban J connectivity index is 1.65. The molecule has 1 amide bonds. The van der Waals surface area contributed by atoms with E-state index >= 15 is 0 Å². The number of benzene rings is 1. The molecule has 0 aliphatic rings.